The van der Waals surface area contributed by atoms with Crippen LogP contribution in [-0.2, 0) is 4.79 Å². The van der Waals surface area contributed by atoms with E-state index in [4.69, 9.17) is 5.11 Å². The summed E-state index contributed by atoms with van der Waals surface area (Å²) >= 11 is 0. The molecule has 78 valence electrons. The molecule has 0 atom stereocenters. The minimum absolute atomic E-state index is 0.163. The average Bonchev–Trinajstić information content (AvgIpc) is 2.13. The zero-order chi connectivity index (χ0) is 11.0. The van der Waals surface area contributed by atoms with Crippen molar-refractivity contribution in [1.29, 1.82) is 0 Å². The summed E-state index contributed by atoms with van der Waals surface area (Å²) in [6.07, 6.45) is 4.81. The fourth-order valence-corrected chi connectivity index (χ4v) is 0.895. The van der Waals surface area contributed by atoms with Gasteiger partial charge in [0, 0.05) is 6.54 Å². The third kappa shape index (κ3) is 4.50. The highest BCUT2D eigenvalue weighted by molar-refractivity contribution is 5.97. The van der Waals surface area contributed by atoms with Gasteiger partial charge in [0.05, 0.1) is 5.57 Å². The van der Waals surface area contributed by atoms with Gasteiger partial charge in [-0.05, 0) is 12.5 Å². The predicted octanol–water partition coefficient (Wildman–Crippen LogP) is 2.09. The fraction of sp³-hybridized carbons (Fsp3) is 0.364. The quantitative estimate of drug-likeness (QED) is 0.295. The van der Waals surface area contributed by atoms with E-state index < -0.39 is 0 Å². The van der Waals surface area contributed by atoms with Crippen molar-refractivity contribution >= 4 is 5.91 Å². The van der Waals surface area contributed by atoms with Crippen molar-refractivity contribution in [2.24, 2.45) is 0 Å². The molecule has 0 saturated heterocycles. The summed E-state index contributed by atoms with van der Waals surface area (Å²) in [4.78, 5) is 11.4. The third-order valence-electron chi connectivity index (χ3n) is 1.66. The van der Waals surface area contributed by atoms with E-state index >= 15 is 0 Å². The van der Waals surface area contributed by atoms with Gasteiger partial charge in [0.2, 0.25) is 0 Å². The third-order valence-corrected chi connectivity index (χ3v) is 1.66. The number of amides is 1. The Balaban J connectivity index is 4.24. The van der Waals surface area contributed by atoms with E-state index in [1.807, 2.05) is 6.92 Å². The molecule has 0 heterocycles. The van der Waals surface area contributed by atoms with Crippen LogP contribution in [0.1, 0.15) is 19.8 Å². The van der Waals surface area contributed by atoms with Crippen LogP contribution in [0.3, 0.4) is 0 Å². The van der Waals surface area contributed by atoms with E-state index in [9.17, 15) is 4.79 Å². The first kappa shape index (κ1) is 12.5. The lowest BCUT2D eigenvalue weighted by Gasteiger charge is -2.06. The highest BCUT2D eigenvalue weighted by atomic mass is 16.3. The molecule has 0 aliphatic heterocycles. The molecule has 2 N–H and O–H groups in total. The molecule has 0 aromatic heterocycles. The van der Waals surface area contributed by atoms with E-state index in [0.717, 1.165) is 12.8 Å². The topological polar surface area (TPSA) is 49.3 Å². The van der Waals surface area contributed by atoms with Crippen LogP contribution in [0.2, 0.25) is 0 Å². The second-order valence-corrected chi connectivity index (χ2v) is 2.87. The van der Waals surface area contributed by atoms with E-state index in [1.54, 1.807) is 0 Å². The van der Waals surface area contributed by atoms with Crippen molar-refractivity contribution in [2.45, 2.75) is 19.8 Å². The Bertz CT molecular complexity index is 254. The number of unbranched alkanes of at least 4 members (excludes halogenated alkanes) is 1. The highest BCUT2D eigenvalue weighted by Crippen LogP contribution is 2.04. The number of hydrogen-bond donors (Lipinski definition) is 2. The van der Waals surface area contributed by atoms with Crippen molar-refractivity contribution in [3.63, 3.8) is 0 Å². The molecular formula is C11H17NO2. The summed E-state index contributed by atoms with van der Waals surface area (Å²) in [5.41, 5.74) is 0.163. The number of carbonyl (C=O) groups excluding carboxylic acids is 1. The maximum atomic E-state index is 11.4. The molecule has 0 aromatic carbocycles. The molecule has 0 fully saturated rings. The summed E-state index contributed by atoms with van der Waals surface area (Å²) < 4.78 is 0. The molecule has 0 unspecified atom stereocenters. The summed E-state index contributed by atoms with van der Waals surface area (Å²) in [6.45, 7) is 9.40. The summed E-state index contributed by atoms with van der Waals surface area (Å²) in [7, 11) is 0. The van der Waals surface area contributed by atoms with Crippen LogP contribution in [0.4, 0.5) is 0 Å². The van der Waals surface area contributed by atoms with Crippen LogP contribution in [0.5, 0.6) is 0 Å². The monoisotopic (exact) mass is 195 g/mol. The number of hydrogen-bond acceptors (Lipinski definition) is 2. The maximum absolute atomic E-state index is 11.4. The average molecular weight is 195 g/mol. The van der Waals surface area contributed by atoms with Gasteiger partial charge in [-0.25, -0.2) is 0 Å². The normalized spacial score (nSPS) is 10.8. The molecule has 0 spiro atoms. The van der Waals surface area contributed by atoms with Crippen molar-refractivity contribution in [1.82, 2.24) is 5.32 Å². The van der Waals surface area contributed by atoms with Crippen molar-refractivity contribution < 1.29 is 9.90 Å². The number of aliphatic hydroxyl groups is 1. The van der Waals surface area contributed by atoms with Gasteiger partial charge in [-0.3, -0.25) is 4.79 Å². The molecule has 0 saturated carbocycles. The fourth-order valence-electron chi connectivity index (χ4n) is 0.895. The summed E-state index contributed by atoms with van der Waals surface area (Å²) in [5, 5.41) is 11.8. The zero-order valence-electron chi connectivity index (χ0n) is 8.55. The van der Waals surface area contributed by atoms with Crippen LogP contribution >= 0.6 is 0 Å². The number of allylic oxidation sites excluding steroid dienone is 2. The molecule has 3 nitrogen and oxygen atoms in total. The van der Waals surface area contributed by atoms with E-state index in [0.29, 0.717) is 6.54 Å². The van der Waals surface area contributed by atoms with Gasteiger partial charge in [-0.2, -0.15) is 0 Å². The van der Waals surface area contributed by atoms with E-state index in [2.05, 4.69) is 18.5 Å². The van der Waals surface area contributed by atoms with Crippen LogP contribution in [0.25, 0.3) is 0 Å². The van der Waals surface area contributed by atoms with Crippen LogP contribution in [0, 0.1) is 0 Å². The van der Waals surface area contributed by atoms with Gasteiger partial charge < -0.3 is 10.4 Å². The molecule has 0 aliphatic rings. The molecule has 0 aromatic rings. The Morgan fingerprint density at radius 1 is 1.57 bits per heavy atom. The smallest absolute Gasteiger partial charge is 0.255 e. The number of carbonyl (C=O) groups is 1. The zero-order valence-corrected chi connectivity index (χ0v) is 8.55. The molecule has 3 heteroatoms. The van der Waals surface area contributed by atoms with Gasteiger partial charge in [0.1, 0.15) is 5.76 Å². The number of aliphatic hydroxyl groups excluding tert-OH is 1. The van der Waals surface area contributed by atoms with Gasteiger partial charge in [-0.15, -0.1) is 0 Å². The Morgan fingerprint density at radius 3 is 2.64 bits per heavy atom. The second kappa shape index (κ2) is 6.95. The van der Waals surface area contributed by atoms with E-state index in [1.165, 1.54) is 12.2 Å². The molecule has 0 bridgehead atoms. The van der Waals surface area contributed by atoms with Crippen LogP contribution in [0.15, 0.2) is 36.6 Å². The Morgan fingerprint density at radius 2 is 2.21 bits per heavy atom. The van der Waals surface area contributed by atoms with Gasteiger partial charge >= 0.3 is 0 Å². The molecule has 0 rings (SSSR count). The van der Waals surface area contributed by atoms with Gasteiger partial charge in [0.25, 0.3) is 5.91 Å². The Kier molecular flexibility index (Phi) is 6.20. The van der Waals surface area contributed by atoms with Crippen molar-refractivity contribution in [3.8, 4) is 0 Å². The lowest BCUT2D eigenvalue weighted by atomic mass is 10.2. The molecule has 0 radical (unpaired) electrons. The Labute approximate surface area is 84.8 Å². The van der Waals surface area contributed by atoms with E-state index in [-0.39, 0.29) is 17.2 Å². The first-order chi connectivity index (χ1) is 6.63. The standard InChI is InChI=1S/C11H17NO2/c1-4-6-8-12-11(14)10(7-5-2)9(3)13/h5,7,13H,2-4,6,8H2,1H3,(H,12,14)/b10-7+. The highest BCUT2D eigenvalue weighted by Gasteiger charge is 2.09. The van der Waals surface area contributed by atoms with Crippen molar-refractivity contribution in [2.75, 3.05) is 6.54 Å². The molecule has 14 heavy (non-hydrogen) atoms. The van der Waals surface area contributed by atoms with Gasteiger partial charge in [0.15, 0.2) is 0 Å². The summed E-state index contributed by atoms with van der Waals surface area (Å²) in [5.74, 6) is -0.551. The van der Waals surface area contributed by atoms with Crippen LogP contribution in [-0.4, -0.2) is 17.6 Å². The van der Waals surface area contributed by atoms with Crippen LogP contribution < -0.4 is 5.32 Å². The van der Waals surface area contributed by atoms with Gasteiger partial charge in [-0.1, -0.05) is 32.6 Å². The predicted molar refractivity (Wildman–Crippen MR) is 58.0 cm³/mol. The summed E-state index contributed by atoms with van der Waals surface area (Å²) in [6, 6.07) is 0. The number of rotatable bonds is 6. The molecule has 1 amide bonds. The first-order valence-electron chi connectivity index (χ1n) is 4.62. The largest absolute Gasteiger partial charge is 0.508 e. The molecule has 0 aliphatic carbocycles. The molecular weight excluding hydrogens is 178 g/mol. The lowest BCUT2D eigenvalue weighted by Crippen LogP contribution is -2.26. The minimum Gasteiger partial charge on any atom is -0.508 e. The maximum Gasteiger partial charge on any atom is 0.255 e. The SMILES string of the molecule is C=C/C=C(\C(=C)O)C(=O)NCCCC. The van der Waals surface area contributed by atoms with Crippen molar-refractivity contribution in [3.05, 3.63) is 36.6 Å². The minimum atomic E-state index is -0.314. The second-order valence-electron chi connectivity index (χ2n) is 2.87. The number of nitrogens with one attached hydrogen (secondary N) is 1. The lowest BCUT2D eigenvalue weighted by molar-refractivity contribution is -0.117. The Hall–Kier alpha value is -1.51. The first-order valence-corrected chi connectivity index (χ1v) is 4.62.